The van der Waals surface area contributed by atoms with E-state index in [1.807, 2.05) is 0 Å². The summed E-state index contributed by atoms with van der Waals surface area (Å²) in [6, 6.07) is 74.4. The Bertz CT molecular complexity index is 3090. The Kier molecular flexibility index (Phi) is 8.25. The second-order valence-corrected chi connectivity index (χ2v) is 14.9. The molecular formula is C54H40N4. The fourth-order valence-electron chi connectivity index (χ4n) is 8.97. The van der Waals surface area contributed by atoms with Crippen LogP contribution in [0, 0.1) is 0 Å². The van der Waals surface area contributed by atoms with Crippen LogP contribution in [0.3, 0.4) is 0 Å². The zero-order valence-corrected chi connectivity index (χ0v) is 32.0. The maximum Gasteiger partial charge on any atom is 0.0542 e. The summed E-state index contributed by atoms with van der Waals surface area (Å²) in [5.41, 5.74) is 15.3. The van der Waals surface area contributed by atoms with Crippen LogP contribution >= 0.6 is 0 Å². The maximum atomic E-state index is 2.42. The predicted molar refractivity (Wildman–Crippen MR) is 244 cm³/mol. The van der Waals surface area contributed by atoms with Crippen molar-refractivity contribution in [1.82, 2.24) is 9.13 Å². The Morgan fingerprint density at radius 2 is 0.776 bits per heavy atom. The van der Waals surface area contributed by atoms with Gasteiger partial charge in [-0.1, -0.05) is 97.1 Å². The second kappa shape index (κ2) is 14.2. The molecule has 8 aromatic carbocycles. The molecule has 11 rings (SSSR count). The topological polar surface area (TPSA) is 16.3 Å². The molecule has 0 radical (unpaired) electrons. The summed E-state index contributed by atoms with van der Waals surface area (Å²) in [5, 5.41) is 3.76. The van der Waals surface area contributed by atoms with Crippen molar-refractivity contribution >= 4 is 72.9 Å². The van der Waals surface area contributed by atoms with E-state index < -0.39 is 0 Å². The molecule has 0 atom stereocenters. The van der Waals surface area contributed by atoms with Crippen molar-refractivity contribution < 1.29 is 0 Å². The molecule has 1 aliphatic carbocycles. The van der Waals surface area contributed by atoms with Crippen molar-refractivity contribution in [3.63, 3.8) is 0 Å². The molecule has 0 fully saturated rings. The van der Waals surface area contributed by atoms with E-state index in [2.05, 4.69) is 237 Å². The molecule has 2 heterocycles. The Morgan fingerprint density at radius 3 is 1.36 bits per heavy atom. The van der Waals surface area contributed by atoms with Gasteiger partial charge in [-0.25, -0.2) is 0 Å². The first-order valence-corrected chi connectivity index (χ1v) is 20.1. The Hall–Kier alpha value is -7.56. The quantitative estimate of drug-likeness (QED) is 0.154. The highest BCUT2D eigenvalue weighted by Gasteiger charge is 2.22. The average Bonchev–Trinajstić information content (AvgIpc) is 3.81. The van der Waals surface area contributed by atoms with Crippen molar-refractivity contribution in [2.45, 2.75) is 12.8 Å². The highest BCUT2D eigenvalue weighted by Crippen LogP contribution is 2.43. The van der Waals surface area contributed by atoms with Crippen LogP contribution in [-0.2, 0) is 6.42 Å². The minimum absolute atomic E-state index is 1.03. The third kappa shape index (κ3) is 5.69. The third-order valence-electron chi connectivity index (χ3n) is 11.5. The summed E-state index contributed by atoms with van der Waals surface area (Å²) in [6.45, 7) is 0. The number of allylic oxidation sites excluding steroid dienone is 1. The van der Waals surface area contributed by atoms with Crippen LogP contribution in [0.25, 0.3) is 50.2 Å². The lowest BCUT2D eigenvalue weighted by Crippen LogP contribution is -2.12. The second-order valence-electron chi connectivity index (χ2n) is 14.9. The summed E-state index contributed by atoms with van der Waals surface area (Å²) < 4.78 is 4.79. The standard InChI is InChI=1S/C54H40N4/c1-5-17-39(18-6-1)55(45-33-35-53-49(37-45)47-25-13-15-27-51(47)57(53)41-21-9-3-10-22-41)43-29-31-44(32-30-43)56(40-19-7-2-8-20-40)46-34-36-54-50(38-46)48-26-14-16-28-52(48)58(54)42-23-11-4-12-24-42/h1-13,15-25,27-38H,14,26H2. The summed E-state index contributed by atoms with van der Waals surface area (Å²) in [7, 11) is 0. The van der Waals surface area contributed by atoms with Crippen LogP contribution < -0.4 is 9.80 Å². The molecule has 0 saturated carbocycles. The minimum Gasteiger partial charge on any atom is -0.310 e. The third-order valence-corrected chi connectivity index (χ3v) is 11.5. The van der Waals surface area contributed by atoms with Crippen LogP contribution in [0.5, 0.6) is 0 Å². The van der Waals surface area contributed by atoms with Crippen molar-refractivity contribution in [1.29, 1.82) is 0 Å². The summed E-state index contributed by atoms with van der Waals surface area (Å²) in [5.74, 6) is 0. The fraction of sp³-hybridized carbons (Fsp3) is 0.0370. The molecule has 0 unspecified atom stereocenters. The monoisotopic (exact) mass is 744 g/mol. The predicted octanol–water partition coefficient (Wildman–Crippen LogP) is 14.6. The zero-order valence-electron chi connectivity index (χ0n) is 32.0. The van der Waals surface area contributed by atoms with Gasteiger partial charge in [0.1, 0.15) is 0 Å². The van der Waals surface area contributed by atoms with Crippen molar-refractivity contribution in [2.75, 3.05) is 9.80 Å². The lowest BCUT2D eigenvalue weighted by Gasteiger charge is -2.28. The van der Waals surface area contributed by atoms with Gasteiger partial charge in [0.15, 0.2) is 0 Å². The Labute approximate surface area is 338 Å². The molecule has 0 bridgehead atoms. The number of rotatable bonds is 8. The number of anilines is 6. The number of para-hydroxylation sites is 5. The van der Waals surface area contributed by atoms with Gasteiger partial charge in [0.2, 0.25) is 0 Å². The Balaban J connectivity index is 1.03. The van der Waals surface area contributed by atoms with E-state index >= 15 is 0 Å². The number of fused-ring (bicyclic) bond motifs is 6. The molecule has 2 aromatic heterocycles. The summed E-state index contributed by atoms with van der Waals surface area (Å²) in [6.07, 6.45) is 6.68. The van der Waals surface area contributed by atoms with E-state index in [1.54, 1.807) is 0 Å². The smallest absolute Gasteiger partial charge is 0.0542 e. The highest BCUT2D eigenvalue weighted by molar-refractivity contribution is 6.10. The highest BCUT2D eigenvalue weighted by atomic mass is 15.2. The van der Waals surface area contributed by atoms with Crippen molar-refractivity contribution in [3.05, 3.63) is 224 Å². The van der Waals surface area contributed by atoms with E-state index in [-0.39, 0.29) is 0 Å². The molecule has 0 aliphatic heterocycles. The molecule has 0 spiro atoms. The average molecular weight is 745 g/mol. The number of benzene rings is 8. The van der Waals surface area contributed by atoms with Crippen LogP contribution in [0.1, 0.15) is 17.7 Å². The van der Waals surface area contributed by atoms with Gasteiger partial charge in [-0.15, -0.1) is 0 Å². The lowest BCUT2D eigenvalue weighted by atomic mass is 10.0. The van der Waals surface area contributed by atoms with Gasteiger partial charge < -0.3 is 18.9 Å². The first kappa shape index (κ1) is 33.8. The fourth-order valence-corrected chi connectivity index (χ4v) is 8.97. The molecule has 4 nitrogen and oxygen atoms in total. The number of nitrogens with zero attached hydrogens (tertiary/aromatic N) is 4. The van der Waals surface area contributed by atoms with Gasteiger partial charge in [-0.3, -0.25) is 0 Å². The molecule has 276 valence electrons. The van der Waals surface area contributed by atoms with Gasteiger partial charge >= 0.3 is 0 Å². The largest absolute Gasteiger partial charge is 0.310 e. The molecule has 4 heteroatoms. The molecule has 1 aliphatic rings. The maximum absolute atomic E-state index is 2.42. The first-order valence-electron chi connectivity index (χ1n) is 20.1. The van der Waals surface area contributed by atoms with Crippen LogP contribution in [0.15, 0.2) is 212 Å². The normalized spacial score (nSPS) is 12.3. The summed E-state index contributed by atoms with van der Waals surface area (Å²) >= 11 is 0. The van der Waals surface area contributed by atoms with Gasteiger partial charge in [-0.2, -0.15) is 0 Å². The van der Waals surface area contributed by atoms with Gasteiger partial charge in [0.25, 0.3) is 0 Å². The number of hydrogen-bond donors (Lipinski definition) is 0. The molecule has 0 saturated heterocycles. The van der Waals surface area contributed by atoms with E-state index in [0.29, 0.717) is 0 Å². The van der Waals surface area contributed by atoms with Gasteiger partial charge in [0, 0.05) is 67.4 Å². The van der Waals surface area contributed by atoms with Crippen molar-refractivity contribution in [3.8, 4) is 11.4 Å². The minimum atomic E-state index is 1.03. The van der Waals surface area contributed by atoms with Gasteiger partial charge in [0.05, 0.1) is 16.6 Å². The number of aryl methyl sites for hydroxylation is 1. The van der Waals surface area contributed by atoms with E-state index in [1.165, 1.54) is 49.7 Å². The molecule has 0 amide bonds. The SMILES string of the molecule is C1=Cc2c(c3cc(N(c4ccccc4)c4ccc(N(c5ccccc5)c5ccc6c(c5)c5ccccc5n6-c5ccccc5)cc4)ccc3n2-c2ccccc2)CC1. The van der Waals surface area contributed by atoms with E-state index in [9.17, 15) is 0 Å². The Morgan fingerprint density at radius 1 is 0.345 bits per heavy atom. The van der Waals surface area contributed by atoms with E-state index in [4.69, 9.17) is 0 Å². The first-order chi connectivity index (χ1) is 28.8. The van der Waals surface area contributed by atoms with Crippen LogP contribution in [0.4, 0.5) is 34.1 Å². The summed E-state index contributed by atoms with van der Waals surface area (Å²) in [4.78, 5) is 4.74. The number of hydrogen-bond acceptors (Lipinski definition) is 2. The molecule has 58 heavy (non-hydrogen) atoms. The lowest BCUT2D eigenvalue weighted by molar-refractivity contribution is 0.967. The van der Waals surface area contributed by atoms with Crippen LogP contribution in [0.2, 0.25) is 0 Å². The zero-order chi connectivity index (χ0) is 38.4. The van der Waals surface area contributed by atoms with Crippen LogP contribution in [-0.4, -0.2) is 9.13 Å². The van der Waals surface area contributed by atoms with Gasteiger partial charge in [-0.05, 0) is 140 Å². The molecule has 0 N–H and O–H groups in total. The number of aromatic nitrogens is 2. The molecule has 10 aromatic rings. The molecular weight excluding hydrogens is 705 g/mol. The van der Waals surface area contributed by atoms with Crippen molar-refractivity contribution in [2.24, 2.45) is 0 Å². The van der Waals surface area contributed by atoms with E-state index in [0.717, 1.165) is 52.7 Å².